The van der Waals surface area contributed by atoms with Crippen LogP contribution >= 0.6 is 0 Å². The van der Waals surface area contributed by atoms with Gasteiger partial charge in [0.1, 0.15) is 5.82 Å². The molecule has 1 aromatic carbocycles. The van der Waals surface area contributed by atoms with Crippen molar-refractivity contribution in [3.8, 4) is 0 Å². The average molecular weight is 342 g/mol. The maximum Gasteiger partial charge on any atom is 0.225 e. The lowest BCUT2D eigenvalue weighted by Gasteiger charge is -2.32. The summed E-state index contributed by atoms with van der Waals surface area (Å²) in [5, 5.41) is 2.99. The second kappa shape index (κ2) is 6.50. The van der Waals surface area contributed by atoms with Crippen LogP contribution in [0.2, 0.25) is 0 Å². The normalized spacial score (nSPS) is 19.6. The van der Waals surface area contributed by atoms with E-state index < -0.39 is 5.54 Å². The monoisotopic (exact) mass is 342 g/mol. The highest BCUT2D eigenvalue weighted by atomic mass is 16.2. The fourth-order valence-electron chi connectivity index (χ4n) is 3.53. The minimum Gasteiger partial charge on any atom is -0.356 e. The summed E-state index contributed by atoms with van der Waals surface area (Å²) >= 11 is 0. The summed E-state index contributed by atoms with van der Waals surface area (Å²) in [6, 6.07) is 8.07. The molecule has 1 saturated heterocycles. The van der Waals surface area contributed by atoms with E-state index >= 15 is 0 Å². The molecule has 1 fully saturated rings. The second-order valence-corrected chi connectivity index (χ2v) is 7.33. The number of carbonyl (C=O) groups is 2. The lowest BCUT2D eigenvalue weighted by molar-refractivity contribution is -0.128. The molecule has 0 spiro atoms. The summed E-state index contributed by atoms with van der Waals surface area (Å²) < 4.78 is 2.10. The molecule has 134 valence electrons. The number of para-hydroxylation sites is 2. The first kappa shape index (κ1) is 17.5. The molecule has 2 aromatic rings. The number of amides is 2. The molecule has 0 aliphatic carbocycles. The molecule has 3 rings (SSSR count). The van der Waals surface area contributed by atoms with Gasteiger partial charge in [0.25, 0.3) is 0 Å². The Hall–Kier alpha value is -2.37. The molecule has 0 saturated carbocycles. The molecule has 1 aliphatic rings. The maximum absolute atomic E-state index is 12.5. The number of carbonyl (C=O) groups excluding carboxylic acids is 2. The third-order valence-electron chi connectivity index (χ3n) is 5.54. The highest BCUT2D eigenvalue weighted by Crippen LogP contribution is 2.34. The molecule has 1 atom stereocenters. The van der Waals surface area contributed by atoms with Gasteiger partial charge in [0.05, 0.1) is 17.0 Å². The minimum atomic E-state index is -0.432. The van der Waals surface area contributed by atoms with Crippen LogP contribution in [0.15, 0.2) is 24.3 Å². The van der Waals surface area contributed by atoms with Gasteiger partial charge in [-0.25, -0.2) is 4.98 Å². The van der Waals surface area contributed by atoms with E-state index in [1.54, 1.807) is 11.9 Å². The lowest BCUT2D eigenvalue weighted by Crippen LogP contribution is -2.47. The number of imidazole rings is 1. The fourth-order valence-corrected chi connectivity index (χ4v) is 3.53. The summed E-state index contributed by atoms with van der Waals surface area (Å²) in [6.07, 6.45) is 1.91. The van der Waals surface area contributed by atoms with E-state index in [1.165, 1.54) is 0 Å². The zero-order chi connectivity index (χ0) is 18.2. The number of rotatable bonds is 5. The highest BCUT2D eigenvalue weighted by Gasteiger charge is 2.47. The number of benzene rings is 1. The first-order valence-corrected chi connectivity index (χ1v) is 8.77. The molecular formula is C19H26N4O2. The Morgan fingerprint density at radius 1 is 1.32 bits per heavy atom. The number of aryl methyl sites for hydroxylation is 2. The van der Waals surface area contributed by atoms with Crippen molar-refractivity contribution in [3.63, 3.8) is 0 Å². The molecule has 0 radical (unpaired) electrons. The maximum atomic E-state index is 12.5. The molecule has 6 nitrogen and oxygen atoms in total. The average Bonchev–Trinajstić information content (AvgIpc) is 3.01. The summed E-state index contributed by atoms with van der Waals surface area (Å²) in [5.74, 6) is 0.727. The van der Waals surface area contributed by atoms with E-state index in [4.69, 9.17) is 0 Å². The first-order valence-electron chi connectivity index (χ1n) is 8.77. The van der Waals surface area contributed by atoms with Crippen molar-refractivity contribution >= 4 is 22.8 Å². The van der Waals surface area contributed by atoms with Crippen molar-refractivity contribution in [3.05, 3.63) is 30.1 Å². The Labute approximate surface area is 148 Å². The summed E-state index contributed by atoms with van der Waals surface area (Å²) in [5.41, 5.74) is 1.69. The SMILES string of the molecule is CN1C(=O)CC(C(=O)NCCCc2nc3ccccc3n2C)C1(C)C. The molecule has 1 unspecified atom stereocenters. The minimum absolute atomic E-state index is 0.0323. The molecule has 1 aliphatic heterocycles. The fraction of sp³-hybridized carbons (Fsp3) is 0.526. The molecule has 2 amide bonds. The first-order chi connectivity index (χ1) is 11.8. The predicted molar refractivity (Wildman–Crippen MR) is 97.0 cm³/mol. The molecule has 2 heterocycles. The second-order valence-electron chi connectivity index (χ2n) is 7.33. The van der Waals surface area contributed by atoms with Crippen molar-refractivity contribution in [2.45, 2.75) is 38.6 Å². The number of fused-ring (bicyclic) bond motifs is 1. The van der Waals surface area contributed by atoms with Crippen LogP contribution in [0.4, 0.5) is 0 Å². The topological polar surface area (TPSA) is 67.2 Å². The van der Waals surface area contributed by atoms with Gasteiger partial charge in [0.15, 0.2) is 0 Å². The standard InChI is InChI=1S/C19H26N4O2/c1-19(2)13(12-17(24)23(19)4)18(25)20-11-7-10-16-21-14-8-5-6-9-15(14)22(16)3/h5-6,8-9,13H,7,10-12H2,1-4H3,(H,20,25). The summed E-state index contributed by atoms with van der Waals surface area (Å²) in [6.45, 7) is 4.48. The third kappa shape index (κ3) is 3.13. The van der Waals surface area contributed by atoms with Crippen LogP contribution in [0.1, 0.15) is 32.5 Å². The number of hydrogen-bond acceptors (Lipinski definition) is 3. The summed E-state index contributed by atoms with van der Waals surface area (Å²) in [7, 11) is 3.78. The van der Waals surface area contributed by atoms with Gasteiger partial charge in [-0.1, -0.05) is 12.1 Å². The largest absolute Gasteiger partial charge is 0.356 e. The smallest absolute Gasteiger partial charge is 0.225 e. The van der Waals surface area contributed by atoms with Gasteiger partial charge in [0, 0.05) is 39.0 Å². The van der Waals surface area contributed by atoms with Crippen LogP contribution in [0.5, 0.6) is 0 Å². The number of hydrogen-bond donors (Lipinski definition) is 1. The van der Waals surface area contributed by atoms with Crippen LogP contribution < -0.4 is 5.32 Å². The Morgan fingerprint density at radius 3 is 2.68 bits per heavy atom. The van der Waals surface area contributed by atoms with E-state index in [2.05, 4.69) is 20.9 Å². The zero-order valence-corrected chi connectivity index (χ0v) is 15.4. The molecular weight excluding hydrogens is 316 g/mol. The highest BCUT2D eigenvalue weighted by molar-refractivity contribution is 5.90. The molecule has 6 heteroatoms. The van der Waals surface area contributed by atoms with E-state index in [9.17, 15) is 9.59 Å². The van der Waals surface area contributed by atoms with Crippen LogP contribution in [-0.4, -0.2) is 45.4 Å². The van der Waals surface area contributed by atoms with Crippen LogP contribution in [0.3, 0.4) is 0 Å². The number of likely N-dealkylation sites (tertiary alicyclic amines) is 1. The van der Waals surface area contributed by atoms with Gasteiger partial charge in [-0.2, -0.15) is 0 Å². The van der Waals surface area contributed by atoms with Gasteiger partial charge in [-0.3, -0.25) is 9.59 Å². The number of nitrogens with one attached hydrogen (secondary N) is 1. The Balaban J connectivity index is 1.54. The lowest BCUT2D eigenvalue weighted by atomic mass is 9.88. The van der Waals surface area contributed by atoms with Crippen molar-refractivity contribution < 1.29 is 9.59 Å². The van der Waals surface area contributed by atoms with Gasteiger partial charge < -0.3 is 14.8 Å². The zero-order valence-electron chi connectivity index (χ0n) is 15.4. The Bertz CT molecular complexity index is 809. The van der Waals surface area contributed by atoms with Gasteiger partial charge in [-0.05, 0) is 32.4 Å². The number of aromatic nitrogens is 2. The molecule has 1 aromatic heterocycles. The predicted octanol–water partition coefficient (Wildman–Crippen LogP) is 1.88. The van der Waals surface area contributed by atoms with Crippen molar-refractivity contribution in [1.82, 2.24) is 19.8 Å². The molecule has 1 N–H and O–H groups in total. The van der Waals surface area contributed by atoms with Gasteiger partial charge in [0.2, 0.25) is 11.8 Å². The van der Waals surface area contributed by atoms with E-state index in [0.29, 0.717) is 13.0 Å². The quantitative estimate of drug-likeness (QED) is 0.844. The van der Waals surface area contributed by atoms with Crippen molar-refractivity contribution in [2.75, 3.05) is 13.6 Å². The molecule has 0 bridgehead atoms. The van der Waals surface area contributed by atoms with E-state index in [0.717, 1.165) is 29.7 Å². The van der Waals surface area contributed by atoms with Crippen LogP contribution in [0, 0.1) is 5.92 Å². The Morgan fingerprint density at radius 2 is 2.04 bits per heavy atom. The van der Waals surface area contributed by atoms with E-state index in [-0.39, 0.29) is 17.7 Å². The Kier molecular flexibility index (Phi) is 4.54. The van der Waals surface area contributed by atoms with Crippen molar-refractivity contribution in [1.29, 1.82) is 0 Å². The van der Waals surface area contributed by atoms with Crippen molar-refractivity contribution in [2.24, 2.45) is 13.0 Å². The van der Waals surface area contributed by atoms with Gasteiger partial charge in [-0.15, -0.1) is 0 Å². The van der Waals surface area contributed by atoms with E-state index in [1.807, 2.05) is 39.1 Å². The van der Waals surface area contributed by atoms with Crippen LogP contribution in [0.25, 0.3) is 11.0 Å². The van der Waals surface area contributed by atoms with Gasteiger partial charge >= 0.3 is 0 Å². The third-order valence-corrected chi connectivity index (χ3v) is 5.54. The van der Waals surface area contributed by atoms with Crippen LogP contribution in [-0.2, 0) is 23.1 Å². The summed E-state index contributed by atoms with van der Waals surface area (Å²) in [4.78, 5) is 30.7. The number of nitrogens with zero attached hydrogens (tertiary/aromatic N) is 3. The molecule has 25 heavy (non-hydrogen) atoms.